The maximum Gasteiger partial charge on any atom is 0.258 e. The Balaban J connectivity index is 0.000000450. The number of amides is 5. The van der Waals surface area contributed by atoms with Crippen LogP contribution >= 0.6 is 11.3 Å². The normalized spacial score (nSPS) is 15.9. The molecule has 2 aliphatic rings. The van der Waals surface area contributed by atoms with Crippen molar-refractivity contribution in [3.05, 3.63) is 148 Å². The molecule has 0 saturated heterocycles. The van der Waals surface area contributed by atoms with Crippen LogP contribution in [0.2, 0.25) is 0 Å². The summed E-state index contributed by atoms with van der Waals surface area (Å²) in [5, 5.41) is 12.2. The number of carbonyl (C=O) groups is 5. The molecule has 0 spiro atoms. The molecule has 1 aromatic heterocycles. The molecule has 3 heterocycles. The number of primary amides is 1. The summed E-state index contributed by atoms with van der Waals surface area (Å²) in [7, 11) is 0. The molecular formula is C45H53N5O6S. The Morgan fingerprint density at radius 2 is 1.30 bits per heavy atom. The van der Waals surface area contributed by atoms with Crippen LogP contribution in [0.15, 0.2) is 127 Å². The second-order valence-corrected chi connectivity index (χ2v) is 13.8. The lowest BCUT2D eigenvalue weighted by molar-refractivity contribution is -0.131. The Morgan fingerprint density at radius 3 is 1.84 bits per heavy atom. The second-order valence-electron chi connectivity index (χ2n) is 12.6. The molecule has 6 N–H and O–H groups in total. The lowest BCUT2D eigenvalue weighted by Crippen LogP contribution is -2.53. The third-order valence-electron chi connectivity index (χ3n) is 8.35. The molecule has 12 heteroatoms. The Morgan fingerprint density at radius 1 is 0.702 bits per heavy atom. The summed E-state index contributed by atoms with van der Waals surface area (Å²) in [6, 6.07) is 36.4. The largest absolute Gasteiger partial charge is 0.484 e. The molecular weight excluding hydrogens is 739 g/mol. The highest BCUT2D eigenvalue weighted by atomic mass is 32.1. The summed E-state index contributed by atoms with van der Waals surface area (Å²) in [6.45, 7) is 7.12. The first-order valence-electron chi connectivity index (χ1n) is 18.9. The van der Waals surface area contributed by atoms with Gasteiger partial charge in [0.15, 0.2) is 6.61 Å². The molecule has 0 aliphatic carbocycles. The highest BCUT2D eigenvalue weighted by Gasteiger charge is 2.24. The number of rotatable bonds is 5. The Labute approximate surface area is 339 Å². The molecule has 0 radical (unpaired) electrons. The van der Waals surface area contributed by atoms with Gasteiger partial charge >= 0.3 is 0 Å². The third-order valence-corrected chi connectivity index (χ3v) is 9.15. The molecule has 11 nitrogen and oxygen atoms in total. The Hall–Kier alpha value is -6.27. The third kappa shape index (κ3) is 17.0. The van der Waals surface area contributed by atoms with Gasteiger partial charge in [0.25, 0.3) is 5.91 Å². The predicted octanol–water partition coefficient (Wildman–Crippen LogP) is 5.55. The molecule has 2 bridgehead atoms. The molecule has 4 aromatic carbocycles. The first-order valence-corrected chi connectivity index (χ1v) is 19.8. The van der Waals surface area contributed by atoms with E-state index in [-0.39, 0.29) is 26.0 Å². The molecule has 5 aromatic rings. The van der Waals surface area contributed by atoms with Gasteiger partial charge in [-0.1, -0.05) is 124 Å². The lowest BCUT2D eigenvalue weighted by Gasteiger charge is -2.20. The van der Waals surface area contributed by atoms with E-state index in [9.17, 15) is 24.0 Å². The van der Waals surface area contributed by atoms with E-state index in [0.717, 1.165) is 23.1 Å². The molecule has 2 atom stereocenters. The van der Waals surface area contributed by atoms with Gasteiger partial charge in [0, 0.05) is 17.7 Å². The standard InChI is InChI=1S/C30H31N5O6.C8H10.C5H6S.C2H6/c31-29(39)24-14-20-8-12-23(13-9-20)41-18-28(38)32-16-26(36)35-25(30(40)33-17-27(37)34-24)15-19-6-10-22(11-7-19)21-4-2-1-3-5-21;1-2-8-6-4-3-5-7-8;1-5-3-2-4-6-5;1-2/h1-13,24-25H,14-18H2,(H2,31,39)(H,32,38)(H,33,40)(H,34,37)(H,35,36);3-7H,2H2,1H3;2-4H,1H3;1-2H3/t24-,25+;;;/m0.../s1. The smallest absolute Gasteiger partial charge is 0.258 e. The highest BCUT2D eigenvalue weighted by molar-refractivity contribution is 7.09. The van der Waals surface area contributed by atoms with Crippen LogP contribution in [0.5, 0.6) is 5.75 Å². The number of thiophene rings is 1. The molecule has 7 rings (SSSR count). The number of hydrogen-bond donors (Lipinski definition) is 5. The zero-order valence-corrected chi connectivity index (χ0v) is 33.8. The fourth-order valence-electron chi connectivity index (χ4n) is 5.32. The van der Waals surface area contributed by atoms with Gasteiger partial charge in [-0.3, -0.25) is 24.0 Å². The van der Waals surface area contributed by atoms with Crippen LogP contribution in [0.3, 0.4) is 0 Å². The van der Waals surface area contributed by atoms with Crippen molar-refractivity contribution in [3.8, 4) is 16.9 Å². The van der Waals surface area contributed by atoms with Crippen molar-refractivity contribution in [2.75, 3.05) is 19.7 Å². The minimum atomic E-state index is -1.05. The number of aryl methyl sites for hydroxylation is 2. The lowest BCUT2D eigenvalue weighted by atomic mass is 10.00. The Kier molecular flexibility index (Phi) is 19.8. The van der Waals surface area contributed by atoms with E-state index in [1.165, 1.54) is 10.4 Å². The summed E-state index contributed by atoms with van der Waals surface area (Å²) >= 11 is 1.78. The van der Waals surface area contributed by atoms with E-state index in [2.05, 4.69) is 76.9 Å². The fourth-order valence-corrected chi connectivity index (χ4v) is 5.85. The number of benzene rings is 4. The minimum Gasteiger partial charge on any atom is -0.484 e. The van der Waals surface area contributed by atoms with Crippen molar-refractivity contribution in [2.45, 2.75) is 59.0 Å². The van der Waals surface area contributed by atoms with Crippen LogP contribution in [0.4, 0.5) is 0 Å². The summed E-state index contributed by atoms with van der Waals surface area (Å²) < 4.78 is 5.45. The molecule has 57 heavy (non-hydrogen) atoms. The van der Waals surface area contributed by atoms with Crippen LogP contribution < -0.4 is 31.7 Å². The van der Waals surface area contributed by atoms with E-state index >= 15 is 0 Å². The number of fused-ring (bicyclic) bond motifs is 16. The van der Waals surface area contributed by atoms with E-state index < -0.39 is 48.2 Å². The zero-order chi connectivity index (χ0) is 41.4. The number of ether oxygens (including phenoxy) is 1. The molecule has 0 unspecified atom stereocenters. The molecule has 2 aliphatic heterocycles. The summed E-state index contributed by atoms with van der Waals surface area (Å²) in [6.07, 6.45) is 1.39. The number of nitrogens with one attached hydrogen (secondary N) is 4. The van der Waals surface area contributed by atoms with Gasteiger partial charge in [0.05, 0.1) is 13.1 Å². The SMILES string of the molecule is CC.CCc1ccccc1.Cc1cccs1.NC(=O)[C@@H]1Cc2ccc(cc2)OCC(=O)NCC(=O)N[C@H](Cc2ccc(-c3ccccc3)cc2)C(=O)NCC(=O)N1. The molecule has 0 fully saturated rings. The highest BCUT2D eigenvalue weighted by Crippen LogP contribution is 2.20. The molecule has 5 amide bonds. The van der Waals surface area contributed by atoms with Crippen molar-refractivity contribution >= 4 is 40.9 Å². The first-order chi connectivity index (χ1) is 27.6. The van der Waals surface area contributed by atoms with Gasteiger partial charge in [0.1, 0.15) is 17.8 Å². The van der Waals surface area contributed by atoms with Gasteiger partial charge < -0.3 is 31.7 Å². The van der Waals surface area contributed by atoms with Crippen molar-refractivity contribution in [1.29, 1.82) is 0 Å². The predicted molar refractivity (Wildman–Crippen MR) is 227 cm³/mol. The van der Waals surface area contributed by atoms with Gasteiger partial charge in [0.2, 0.25) is 23.6 Å². The van der Waals surface area contributed by atoms with Gasteiger partial charge in [-0.15, -0.1) is 11.3 Å². The van der Waals surface area contributed by atoms with Crippen molar-refractivity contribution in [3.63, 3.8) is 0 Å². The van der Waals surface area contributed by atoms with E-state index in [4.69, 9.17) is 10.5 Å². The number of carbonyl (C=O) groups excluding carboxylic acids is 5. The summed E-state index contributed by atoms with van der Waals surface area (Å²) in [5.74, 6) is -2.69. The van der Waals surface area contributed by atoms with Crippen LogP contribution in [0, 0.1) is 6.92 Å². The number of hydrogen-bond acceptors (Lipinski definition) is 7. The second kappa shape index (κ2) is 25.0. The van der Waals surface area contributed by atoms with Crippen LogP contribution in [-0.4, -0.2) is 61.3 Å². The van der Waals surface area contributed by atoms with E-state index in [1.54, 1.807) is 35.6 Å². The first kappa shape index (κ1) is 45.1. The van der Waals surface area contributed by atoms with Gasteiger partial charge in [-0.2, -0.15) is 0 Å². The maximum absolute atomic E-state index is 13.1. The molecule has 300 valence electrons. The van der Waals surface area contributed by atoms with Crippen molar-refractivity contribution < 1.29 is 28.7 Å². The van der Waals surface area contributed by atoms with Crippen LogP contribution in [0.1, 0.15) is 42.3 Å². The van der Waals surface area contributed by atoms with Crippen molar-refractivity contribution in [1.82, 2.24) is 21.3 Å². The van der Waals surface area contributed by atoms with Crippen molar-refractivity contribution in [2.24, 2.45) is 5.73 Å². The van der Waals surface area contributed by atoms with Crippen LogP contribution in [-0.2, 0) is 43.2 Å². The summed E-state index contributed by atoms with van der Waals surface area (Å²) in [4.78, 5) is 63.9. The average Bonchev–Trinajstić information content (AvgIpc) is 3.73. The van der Waals surface area contributed by atoms with Gasteiger partial charge in [-0.25, -0.2) is 0 Å². The van der Waals surface area contributed by atoms with E-state index in [0.29, 0.717) is 11.3 Å². The topological polar surface area (TPSA) is 169 Å². The quantitative estimate of drug-likeness (QED) is 0.146. The Bertz CT molecular complexity index is 1960. The minimum absolute atomic E-state index is 0.118. The summed E-state index contributed by atoms with van der Waals surface area (Å²) in [5.41, 5.74) is 10.4. The maximum atomic E-state index is 13.1. The van der Waals surface area contributed by atoms with Gasteiger partial charge in [-0.05, 0) is 64.7 Å². The zero-order valence-electron chi connectivity index (χ0n) is 33.0. The van der Waals surface area contributed by atoms with E-state index in [1.807, 2.05) is 74.5 Å². The number of nitrogens with two attached hydrogens (primary N) is 1. The van der Waals surface area contributed by atoms with Crippen LogP contribution in [0.25, 0.3) is 11.1 Å². The average molecular weight is 792 g/mol. The molecule has 0 saturated carbocycles. The monoisotopic (exact) mass is 791 g/mol. The fraction of sp³-hybridized carbons (Fsp3) is 0.267.